The lowest BCUT2D eigenvalue weighted by atomic mass is 10.1. The number of benzene rings is 1. The van der Waals surface area contributed by atoms with Crippen LogP contribution in [0.3, 0.4) is 0 Å². The second kappa shape index (κ2) is 7.46. The normalized spacial score (nSPS) is 15.5. The molecule has 2 heterocycles. The maximum Gasteiger partial charge on any atom is 0.277 e. The van der Waals surface area contributed by atoms with Gasteiger partial charge in [0.25, 0.3) is 5.91 Å². The molecule has 1 amide bonds. The molecule has 2 N–H and O–H groups in total. The number of hydrogen-bond donors (Lipinski definition) is 2. The summed E-state index contributed by atoms with van der Waals surface area (Å²) in [6.45, 7) is 6.55. The molecule has 1 aromatic heterocycles. The van der Waals surface area contributed by atoms with Crippen molar-refractivity contribution < 1.29 is 14.4 Å². The number of ether oxygens (including phenoxy) is 1. The number of anilines is 1. The first kappa shape index (κ1) is 17.1. The Hall–Kier alpha value is -1.70. The van der Waals surface area contributed by atoms with E-state index in [0.717, 1.165) is 48.7 Å². The molecule has 0 unspecified atom stereocenters. The molecule has 1 aromatic carbocycles. The van der Waals surface area contributed by atoms with E-state index < -0.39 is 0 Å². The summed E-state index contributed by atoms with van der Waals surface area (Å²) in [6, 6.07) is 8.01. The van der Waals surface area contributed by atoms with E-state index in [9.17, 15) is 4.79 Å². The van der Waals surface area contributed by atoms with Gasteiger partial charge in [-0.3, -0.25) is 9.48 Å². The van der Waals surface area contributed by atoms with Crippen LogP contribution in [0.2, 0.25) is 0 Å². The van der Waals surface area contributed by atoms with Crippen molar-refractivity contribution in [3.8, 4) is 0 Å². The topological polar surface area (TPSA) is 60.6 Å². The molecule has 24 heavy (non-hydrogen) atoms. The number of halogens is 1. The highest BCUT2D eigenvalue weighted by Crippen LogP contribution is 2.21. The van der Waals surface area contributed by atoms with Crippen LogP contribution in [0, 0.1) is 6.92 Å². The SMILES string of the molecule is Cc1c(Br)c(C(=O)Nc2cccc(C[NH+]3CCOCC3)c2)nn1C. The molecule has 0 spiro atoms. The molecule has 3 rings (SSSR count). The van der Waals surface area contributed by atoms with Crippen LogP contribution in [-0.2, 0) is 18.3 Å². The summed E-state index contributed by atoms with van der Waals surface area (Å²) in [5.74, 6) is -0.207. The van der Waals surface area contributed by atoms with E-state index in [4.69, 9.17) is 4.74 Å². The number of morpholine rings is 1. The molecule has 0 bridgehead atoms. The molecule has 2 aromatic rings. The van der Waals surface area contributed by atoms with E-state index >= 15 is 0 Å². The first-order valence-corrected chi connectivity index (χ1v) is 8.84. The number of aromatic nitrogens is 2. The summed E-state index contributed by atoms with van der Waals surface area (Å²) in [6.07, 6.45) is 0. The average molecular weight is 394 g/mol. The molecule has 128 valence electrons. The molecule has 1 saturated heterocycles. The summed E-state index contributed by atoms with van der Waals surface area (Å²) >= 11 is 3.44. The van der Waals surface area contributed by atoms with Gasteiger partial charge in [-0.2, -0.15) is 5.10 Å². The second-order valence-corrected chi connectivity index (χ2v) is 6.86. The van der Waals surface area contributed by atoms with Crippen molar-refractivity contribution in [1.29, 1.82) is 0 Å². The Kier molecular flexibility index (Phi) is 5.33. The molecule has 0 atom stereocenters. The fourth-order valence-corrected chi connectivity index (χ4v) is 3.32. The molecule has 0 aliphatic carbocycles. The van der Waals surface area contributed by atoms with E-state index in [1.807, 2.05) is 32.2 Å². The van der Waals surface area contributed by atoms with Crippen LogP contribution in [0.5, 0.6) is 0 Å². The Morgan fingerprint density at radius 3 is 2.83 bits per heavy atom. The molecule has 1 aliphatic rings. The highest BCUT2D eigenvalue weighted by atomic mass is 79.9. The van der Waals surface area contributed by atoms with E-state index in [1.165, 1.54) is 10.5 Å². The van der Waals surface area contributed by atoms with Gasteiger partial charge in [0.2, 0.25) is 0 Å². The predicted molar refractivity (Wildman–Crippen MR) is 95.3 cm³/mol. The number of carbonyl (C=O) groups is 1. The van der Waals surface area contributed by atoms with Crippen LogP contribution in [0.25, 0.3) is 0 Å². The Balaban J connectivity index is 1.69. The molecule has 0 radical (unpaired) electrons. The highest BCUT2D eigenvalue weighted by Gasteiger charge is 2.18. The smallest absolute Gasteiger partial charge is 0.277 e. The van der Waals surface area contributed by atoms with Crippen molar-refractivity contribution in [1.82, 2.24) is 9.78 Å². The van der Waals surface area contributed by atoms with Gasteiger partial charge in [0.05, 0.1) is 23.4 Å². The zero-order valence-electron chi connectivity index (χ0n) is 13.9. The Morgan fingerprint density at radius 1 is 1.42 bits per heavy atom. The number of rotatable bonds is 4. The lowest BCUT2D eigenvalue weighted by Crippen LogP contribution is -3.12. The number of quaternary nitrogens is 1. The molecular weight excluding hydrogens is 372 g/mol. The number of nitrogens with one attached hydrogen (secondary N) is 2. The third-order valence-corrected chi connectivity index (χ3v) is 5.26. The molecule has 0 saturated carbocycles. The second-order valence-electron chi connectivity index (χ2n) is 6.07. The maximum atomic E-state index is 12.5. The summed E-state index contributed by atoms with van der Waals surface area (Å²) in [5.41, 5.74) is 3.32. The Labute approximate surface area is 149 Å². The van der Waals surface area contributed by atoms with Gasteiger partial charge < -0.3 is 15.0 Å². The van der Waals surface area contributed by atoms with Crippen LogP contribution >= 0.6 is 15.9 Å². The lowest BCUT2D eigenvalue weighted by Gasteiger charge is -2.23. The molecule has 1 aliphatic heterocycles. The third-order valence-electron chi connectivity index (χ3n) is 4.31. The van der Waals surface area contributed by atoms with Crippen molar-refractivity contribution in [3.63, 3.8) is 0 Å². The van der Waals surface area contributed by atoms with Gasteiger partial charge in [-0.15, -0.1) is 0 Å². The number of hydrogen-bond acceptors (Lipinski definition) is 3. The van der Waals surface area contributed by atoms with E-state index in [0.29, 0.717) is 5.69 Å². The number of carbonyl (C=O) groups excluding carboxylic acids is 1. The monoisotopic (exact) mass is 393 g/mol. The summed E-state index contributed by atoms with van der Waals surface area (Å²) in [4.78, 5) is 14.0. The molecule has 1 fully saturated rings. The van der Waals surface area contributed by atoms with Crippen LogP contribution in [0.4, 0.5) is 5.69 Å². The minimum atomic E-state index is -0.207. The first-order chi connectivity index (χ1) is 11.5. The van der Waals surface area contributed by atoms with Gasteiger partial charge in [-0.1, -0.05) is 12.1 Å². The standard InChI is InChI=1S/C17H21BrN4O2/c1-12-15(18)16(20-21(12)2)17(23)19-14-5-3-4-13(10-14)11-22-6-8-24-9-7-22/h3-5,10H,6-9,11H2,1-2H3,(H,19,23)/p+1. The average Bonchev–Trinajstić information content (AvgIpc) is 2.84. The van der Waals surface area contributed by atoms with E-state index in [1.54, 1.807) is 4.68 Å². The summed E-state index contributed by atoms with van der Waals surface area (Å²) in [5, 5.41) is 7.20. The maximum absolute atomic E-state index is 12.5. The minimum absolute atomic E-state index is 0.207. The van der Waals surface area contributed by atoms with Crippen LogP contribution in [-0.4, -0.2) is 42.0 Å². The molecular formula is C17H22BrN4O2+. The number of aryl methyl sites for hydroxylation is 1. The zero-order chi connectivity index (χ0) is 17.1. The quantitative estimate of drug-likeness (QED) is 0.819. The van der Waals surface area contributed by atoms with Gasteiger partial charge in [0, 0.05) is 18.3 Å². The number of nitrogens with zero attached hydrogens (tertiary/aromatic N) is 2. The molecule has 7 heteroatoms. The van der Waals surface area contributed by atoms with Crippen LogP contribution in [0.15, 0.2) is 28.7 Å². The van der Waals surface area contributed by atoms with Gasteiger partial charge in [-0.05, 0) is 35.0 Å². The largest absolute Gasteiger partial charge is 0.370 e. The van der Waals surface area contributed by atoms with Crippen molar-refractivity contribution in [2.24, 2.45) is 7.05 Å². The lowest BCUT2D eigenvalue weighted by molar-refractivity contribution is -0.921. The van der Waals surface area contributed by atoms with Gasteiger partial charge in [0.15, 0.2) is 5.69 Å². The van der Waals surface area contributed by atoms with Crippen LogP contribution < -0.4 is 10.2 Å². The van der Waals surface area contributed by atoms with Crippen molar-refractivity contribution in [2.75, 3.05) is 31.6 Å². The van der Waals surface area contributed by atoms with Gasteiger partial charge in [-0.25, -0.2) is 0 Å². The summed E-state index contributed by atoms with van der Waals surface area (Å²) < 4.78 is 7.82. The fraction of sp³-hybridized carbons (Fsp3) is 0.412. The Bertz CT molecular complexity index is 738. The minimum Gasteiger partial charge on any atom is -0.370 e. The van der Waals surface area contributed by atoms with Crippen molar-refractivity contribution in [3.05, 3.63) is 45.7 Å². The van der Waals surface area contributed by atoms with Crippen molar-refractivity contribution in [2.45, 2.75) is 13.5 Å². The predicted octanol–water partition coefficient (Wildman–Crippen LogP) is 1.16. The third kappa shape index (κ3) is 3.85. The van der Waals surface area contributed by atoms with Gasteiger partial charge >= 0.3 is 0 Å². The molecule has 6 nitrogen and oxygen atoms in total. The van der Waals surface area contributed by atoms with Gasteiger partial charge in [0.1, 0.15) is 19.6 Å². The zero-order valence-corrected chi connectivity index (χ0v) is 15.5. The van der Waals surface area contributed by atoms with E-state index in [2.05, 4.69) is 32.4 Å². The van der Waals surface area contributed by atoms with E-state index in [-0.39, 0.29) is 5.91 Å². The fourth-order valence-electron chi connectivity index (χ4n) is 2.80. The summed E-state index contributed by atoms with van der Waals surface area (Å²) in [7, 11) is 1.82. The van der Waals surface area contributed by atoms with Crippen LogP contribution in [0.1, 0.15) is 21.7 Å². The highest BCUT2D eigenvalue weighted by molar-refractivity contribution is 9.10. The Morgan fingerprint density at radius 2 is 2.17 bits per heavy atom. The number of amides is 1. The first-order valence-electron chi connectivity index (χ1n) is 8.05. The van der Waals surface area contributed by atoms with Crippen molar-refractivity contribution >= 4 is 27.5 Å².